The number of ether oxygens (including phenoxy) is 1. The minimum atomic E-state index is -3.72. The summed E-state index contributed by atoms with van der Waals surface area (Å²) in [5.74, 6) is -0.606. The number of carbonyl (C=O) groups excluding carboxylic acids is 1. The van der Waals surface area contributed by atoms with Gasteiger partial charge >= 0.3 is 5.97 Å². The molecule has 2 aliphatic heterocycles. The highest BCUT2D eigenvalue weighted by molar-refractivity contribution is 7.89. The molecule has 1 aromatic heterocycles. The molecule has 2 fully saturated rings. The molecule has 0 radical (unpaired) electrons. The lowest BCUT2D eigenvalue weighted by Gasteiger charge is -2.27. The van der Waals surface area contributed by atoms with E-state index >= 15 is 0 Å². The van der Waals surface area contributed by atoms with Crippen LogP contribution in [0.5, 0.6) is 0 Å². The second-order valence-corrected chi connectivity index (χ2v) is 7.89. The van der Waals surface area contributed by atoms with Gasteiger partial charge in [-0.15, -0.1) is 0 Å². The van der Waals surface area contributed by atoms with Crippen molar-refractivity contribution < 1.29 is 22.4 Å². The van der Waals surface area contributed by atoms with Crippen molar-refractivity contribution in [2.24, 2.45) is 0 Å². The van der Waals surface area contributed by atoms with Crippen LogP contribution in [0.4, 0.5) is 0 Å². The Morgan fingerprint density at radius 2 is 2.04 bits per heavy atom. The van der Waals surface area contributed by atoms with Gasteiger partial charge in [0.05, 0.1) is 12.7 Å². The Hall–Kier alpha value is -1.38. The van der Waals surface area contributed by atoms with Crippen molar-refractivity contribution in [2.75, 3.05) is 33.3 Å². The summed E-state index contributed by atoms with van der Waals surface area (Å²) in [6.07, 6.45) is 5.20. The normalized spacial score (nSPS) is 23.4. The molecule has 23 heavy (non-hydrogen) atoms. The first-order chi connectivity index (χ1) is 11.0. The number of hydrogen-bond acceptors (Lipinski definition) is 6. The van der Waals surface area contributed by atoms with Crippen LogP contribution < -0.4 is 0 Å². The lowest BCUT2D eigenvalue weighted by atomic mass is 10.2. The largest absolute Gasteiger partial charge is 0.465 e. The van der Waals surface area contributed by atoms with Gasteiger partial charge in [0.1, 0.15) is 6.26 Å². The minimum Gasteiger partial charge on any atom is -0.465 e. The van der Waals surface area contributed by atoms with Gasteiger partial charge in [-0.05, 0) is 38.8 Å². The van der Waals surface area contributed by atoms with Crippen molar-refractivity contribution in [3.05, 3.63) is 17.9 Å². The summed E-state index contributed by atoms with van der Waals surface area (Å²) >= 11 is 0. The zero-order valence-corrected chi connectivity index (χ0v) is 14.0. The van der Waals surface area contributed by atoms with E-state index < -0.39 is 16.0 Å². The van der Waals surface area contributed by atoms with Crippen LogP contribution >= 0.6 is 0 Å². The molecular formula is C15H22N2O5S. The third kappa shape index (κ3) is 3.29. The summed E-state index contributed by atoms with van der Waals surface area (Å²) in [6, 6.07) is 1.22. The van der Waals surface area contributed by atoms with E-state index in [0.29, 0.717) is 6.54 Å². The van der Waals surface area contributed by atoms with Gasteiger partial charge in [-0.2, -0.15) is 4.31 Å². The Morgan fingerprint density at radius 3 is 2.74 bits per heavy atom. The fourth-order valence-electron chi connectivity index (χ4n) is 3.36. The van der Waals surface area contributed by atoms with Crippen LogP contribution in [-0.4, -0.2) is 62.9 Å². The van der Waals surface area contributed by atoms with E-state index in [1.54, 1.807) is 0 Å². The highest BCUT2D eigenvalue weighted by atomic mass is 32.2. The van der Waals surface area contributed by atoms with Crippen molar-refractivity contribution >= 4 is 16.0 Å². The van der Waals surface area contributed by atoms with E-state index in [9.17, 15) is 13.2 Å². The Kier molecular flexibility index (Phi) is 4.74. The maximum absolute atomic E-state index is 12.8. The third-order valence-electron chi connectivity index (χ3n) is 4.55. The molecule has 3 heterocycles. The molecule has 0 unspecified atom stereocenters. The highest BCUT2D eigenvalue weighted by Gasteiger charge is 2.38. The van der Waals surface area contributed by atoms with Crippen molar-refractivity contribution in [1.82, 2.24) is 9.21 Å². The van der Waals surface area contributed by atoms with Crippen LogP contribution in [0, 0.1) is 0 Å². The van der Waals surface area contributed by atoms with Crippen LogP contribution in [0.3, 0.4) is 0 Å². The maximum Gasteiger partial charge on any atom is 0.341 e. The van der Waals surface area contributed by atoms with Gasteiger partial charge in [-0.3, -0.25) is 0 Å². The number of hydrogen-bond donors (Lipinski definition) is 0. The van der Waals surface area contributed by atoms with Crippen LogP contribution in [-0.2, 0) is 14.8 Å². The standard InChI is InChI=1S/C15H22N2O5S/c1-21-15(18)12-9-14(22-11-12)23(19,20)17-8-4-5-13(17)10-16-6-2-3-7-16/h9,11,13H,2-8,10H2,1H3/t13-/m1/s1. The Bertz CT molecular complexity index is 663. The van der Waals surface area contributed by atoms with Crippen molar-refractivity contribution in [3.8, 4) is 0 Å². The monoisotopic (exact) mass is 342 g/mol. The molecular weight excluding hydrogens is 320 g/mol. The Balaban J connectivity index is 1.77. The molecule has 2 saturated heterocycles. The van der Waals surface area contributed by atoms with E-state index in [1.807, 2.05) is 0 Å². The number of nitrogens with zero attached hydrogens (tertiary/aromatic N) is 2. The van der Waals surface area contributed by atoms with Crippen LogP contribution in [0.15, 0.2) is 21.8 Å². The highest BCUT2D eigenvalue weighted by Crippen LogP contribution is 2.28. The first-order valence-electron chi connectivity index (χ1n) is 7.93. The molecule has 7 nitrogen and oxygen atoms in total. The summed E-state index contributed by atoms with van der Waals surface area (Å²) in [6.45, 7) is 3.34. The van der Waals surface area contributed by atoms with E-state index in [4.69, 9.17) is 4.42 Å². The van der Waals surface area contributed by atoms with Crippen LogP contribution in [0.25, 0.3) is 0 Å². The average Bonchev–Trinajstić information content (AvgIpc) is 3.28. The number of sulfonamides is 1. The predicted molar refractivity (Wildman–Crippen MR) is 82.6 cm³/mol. The van der Waals surface area contributed by atoms with Gasteiger partial charge in [0.2, 0.25) is 5.09 Å². The first-order valence-corrected chi connectivity index (χ1v) is 9.37. The van der Waals surface area contributed by atoms with Crippen LogP contribution in [0.1, 0.15) is 36.0 Å². The van der Waals surface area contributed by atoms with Gasteiger partial charge in [-0.25, -0.2) is 13.2 Å². The van der Waals surface area contributed by atoms with Gasteiger partial charge in [0.25, 0.3) is 10.0 Å². The zero-order valence-electron chi connectivity index (χ0n) is 13.2. The lowest BCUT2D eigenvalue weighted by Crippen LogP contribution is -2.42. The van der Waals surface area contributed by atoms with Gasteiger partial charge in [-0.1, -0.05) is 0 Å². The summed E-state index contributed by atoms with van der Waals surface area (Å²) in [5.41, 5.74) is 0.112. The number of furan rings is 1. The van der Waals surface area contributed by atoms with Gasteiger partial charge < -0.3 is 14.1 Å². The van der Waals surface area contributed by atoms with E-state index in [1.165, 1.54) is 30.3 Å². The van der Waals surface area contributed by atoms with Crippen molar-refractivity contribution in [1.29, 1.82) is 0 Å². The molecule has 128 valence electrons. The molecule has 0 bridgehead atoms. The predicted octanol–water partition coefficient (Wildman–Crippen LogP) is 1.32. The molecule has 0 aromatic carbocycles. The number of esters is 1. The fourth-order valence-corrected chi connectivity index (χ4v) is 4.97. The number of rotatable bonds is 5. The first kappa shape index (κ1) is 16.5. The molecule has 2 aliphatic rings. The van der Waals surface area contributed by atoms with E-state index in [2.05, 4.69) is 9.64 Å². The fraction of sp³-hybridized carbons (Fsp3) is 0.667. The lowest BCUT2D eigenvalue weighted by molar-refractivity contribution is 0.0600. The maximum atomic E-state index is 12.8. The SMILES string of the molecule is COC(=O)c1coc(S(=O)(=O)N2CCC[C@@H]2CN2CCCC2)c1. The third-order valence-corrected chi connectivity index (χ3v) is 6.37. The van der Waals surface area contributed by atoms with Gasteiger partial charge in [0, 0.05) is 25.2 Å². The topological polar surface area (TPSA) is 80.1 Å². The molecule has 8 heteroatoms. The quantitative estimate of drug-likeness (QED) is 0.751. The Labute approximate surface area is 136 Å². The summed E-state index contributed by atoms with van der Waals surface area (Å²) in [4.78, 5) is 13.8. The second kappa shape index (κ2) is 6.62. The van der Waals surface area contributed by atoms with E-state index in [-0.39, 0.29) is 16.7 Å². The van der Waals surface area contributed by atoms with E-state index in [0.717, 1.165) is 38.7 Å². The van der Waals surface area contributed by atoms with Crippen LogP contribution in [0.2, 0.25) is 0 Å². The summed E-state index contributed by atoms with van der Waals surface area (Å²) in [5, 5.41) is -0.189. The molecule has 3 rings (SSSR count). The number of likely N-dealkylation sites (tertiary alicyclic amines) is 1. The van der Waals surface area contributed by atoms with Crippen molar-refractivity contribution in [3.63, 3.8) is 0 Å². The Morgan fingerprint density at radius 1 is 1.30 bits per heavy atom. The molecule has 0 amide bonds. The minimum absolute atomic E-state index is 0.0234. The molecule has 0 N–H and O–H groups in total. The molecule has 0 spiro atoms. The van der Waals surface area contributed by atoms with Crippen molar-refractivity contribution in [2.45, 2.75) is 36.8 Å². The molecule has 1 atom stereocenters. The summed E-state index contributed by atoms with van der Waals surface area (Å²) < 4.78 is 36.9. The molecule has 0 saturated carbocycles. The number of carbonyl (C=O) groups is 1. The zero-order chi connectivity index (χ0) is 16.4. The number of methoxy groups -OCH3 is 1. The molecule has 1 aromatic rings. The molecule has 0 aliphatic carbocycles. The second-order valence-electron chi connectivity index (χ2n) is 6.07. The smallest absolute Gasteiger partial charge is 0.341 e. The summed E-state index contributed by atoms with van der Waals surface area (Å²) in [7, 11) is -2.47. The van der Waals surface area contributed by atoms with Gasteiger partial charge in [0.15, 0.2) is 0 Å². The average molecular weight is 342 g/mol.